The Morgan fingerprint density at radius 2 is 1.75 bits per heavy atom. The molecule has 1 amide bonds. The fourth-order valence-corrected chi connectivity index (χ4v) is 2.02. The summed E-state index contributed by atoms with van der Waals surface area (Å²) in [4.78, 5) is 24.8. The van der Waals surface area contributed by atoms with Crippen LogP contribution in [-0.4, -0.2) is 61.3 Å². The van der Waals surface area contributed by atoms with Crippen LogP contribution < -0.4 is 5.32 Å². The molecule has 1 heterocycles. The maximum Gasteiger partial charge on any atom is 0.335 e. The van der Waals surface area contributed by atoms with E-state index in [1.54, 1.807) is 0 Å². The van der Waals surface area contributed by atoms with Crippen LogP contribution in [-0.2, 0) is 4.74 Å². The van der Waals surface area contributed by atoms with Crippen LogP contribution in [0, 0.1) is 0 Å². The van der Waals surface area contributed by atoms with Gasteiger partial charge in [0, 0.05) is 31.7 Å². The first-order valence-corrected chi connectivity index (χ1v) is 6.58. The molecule has 6 nitrogen and oxygen atoms in total. The van der Waals surface area contributed by atoms with Crippen LogP contribution in [0.1, 0.15) is 20.7 Å². The topological polar surface area (TPSA) is 78.9 Å². The highest BCUT2D eigenvalue weighted by Gasteiger charge is 2.11. The highest BCUT2D eigenvalue weighted by Crippen LogP contribution is 2.04. The van der Waals surface area contributed by atoms with Crippen molar-refractivity contribution < 1.29 is 19.4 Å². The van der Waals surface area contributed by atoms with Gasteiger partial charge < -0.3 is 15.2 Å². The van der Waals surface area contributed by atoms with E-state index in [2.05, 4.69) is 10.2 Å². The molecule has 0 bridgehead atoms. The van der Waals surface area contributed by atoms with E-state index in [1.807, 2.05) is 0 Å². The molecule has 20 heavy (non-hydrogen) atoms. The van der Waals surface area contributed by atoms with Gasteiger partial charge in [0.25, 0.3) is 5.91 Å². The number of nitrogens with zero attached hydrogens (tertiary/aromatic N) is 1. The molecule has 1 aliphatic rings. The van der Waals surface area contributed by atoms with Crippen molar-refractivity contribution in [1.29, 1.82) is 0 Å². The van der Waals surface area contributed by atoms with E-state index in [4.69, 9.17) is 9.84 Å². The van der Waals surface area contributed by atoms with Crippen LogP contribution in [0.3, 0.4) is 0 Å². The van der Waals surface area contributed by atoms with E-state index in [0.717, 1.165) is 32.8 Å². The van der Waals surface area contributed by atoms with Gasteiger partial charge in [-0.25, -0.2) is 4.79 Å². The van der Waals surface area contributed by atoms with Gasteiger partial charge >= 0.3 is 5.97 Å². The Bertz CT molecular complexity index is 467. The van der Waals surface area contributed by atoms with Crippen LogP contribution in [0.2, 0.25) is 0 Å². The minimum Gasteiger partial charge on any atom is -0.478 e. The van der Waals surface area contributed by atoms with E-state index in [-0.39, 0.29) is 11.5 Å². The number of carboxylic acid groups (broad SMARTS) is 1. The normalized spacial score (nSPS) is 15.8. The number of benzene rings is 1. The summed E-state index contributed by atoms with van der Waals surface area (Å²) < 4.78 is 5.25. The molecule has 1 saturated heterocycles. The quantitative estimate of drug-likeness (QED) is 0.817. The van der Waals surface area contributed by atoms with Crippen LogP contribution in [0.25, 0.3) is 0 Å². The van der Waals surface area contributed by atoms with Crippen molar-refractivity contribution in [2.24, 2.45) is 0 Å². The van der Waals surface area contributed by atoms with Crippen LogP contribution in [0.4, 0.5) is 0 Å². The largest absolute Gasteiger partial charge is 0.478 e. The first-order chi connectivity index (χ1) is 9.66. The predicted octanol–water partition coefficient (Wildman–Crippen LogP) is 0.447. The maximum absolute atomic E-state index is 11.9. The summed E-state index contributed by atoms with van der Waals surface area (Å²) in [7, 11) is 0. The lowest BCUT2D eigenvalue weighted by molar-refractivity contribution is 0.0383. The second kappa shape index (κ2) is 7.02. The molecule has 2 N–H and O–H groups in total. The third-order valence-electron chi connectivity index (χ3n) is 3.21. The van der Waals surface area contributed by atoms with Gasteiger partial charge in [0.05, 0.1) is 18.8 Å². The van der Waals surface area contributed by atoms with Crippen molar-refractivity contribution in [3.05, 3.63) is 35.4 Å². The first-order valence-electron chi connectivity index (χ1n) is 6.58. The minimum atomic E-state index is -0.996. The summed E-state index contributed by atoms with van der Waals surface area (Å²) in [5.41, 5.74) is 0.645. The molecule has 0 radical (unpaired) electrons. The lowest BCUT2D eigenvalue weighted by Gasteiger charge is -2.26. The minimum absolute atomic E-state index is 0.176. The highest BCUT2D eigenvalue weighted by molar-refractivity contribution is 5.95. The lowest BCUT2D eigenvalue weighted by atomic mass is 10.1. The fraction of sp³-hybridized carbons (Fsp3) is 0.429. The molecule has 0 aliphatic carbocycles. The first kappa shape index (κ1) is 14.5. The summed E-state index contributed by atoms with van der Waals surface area (Å²) in [6.07, 6.45) is 0. The summed E-state index contributed by atoms with van der Waals surface area (Å²) in [6, 6.07) is 5.90. The van der Waals surface area contributed by atoms with Gasteiger partial charge in [-0.2, -0.15) is 0 Å². The van der Waals surface area contributed by atoms with E-state index in [1.165, 1.54) is 24.3 Å². The maximum atomic E-state index is 11.9. The van der Waals surface area contributed by atoms with Gasteiger partial charge in [0.15, 0.2) is 0 Å². The predicted molar refractivity (Wildman–Crippen MR) is 73.0 cm³/mol. The summed E-state index contributed by atoms with van der Waals surface area (Å²) in [5, 5.41) is 11.6. The Balaban J connectivity index is 1.77. The Kier molecular flexibility index (Phi) is 5.09. The van der Waals surface area contributed by atoms with Crippen LogP contribution in [0.15, 0.2) is 24.3 Å². The van der Waals surface area contributed by atoms with E-state index in [0.29, 0.717) is 12.1 Å². The molecule has 1 aliphatic heterocycles. The Morgan fingerprint density at radius 3 is 2.35 bits per heavy atom. The number of carboxylic acids is 1. The molecule has 6 heteroatoms. The molecular formula is C14H18N2O4. The molecule has 0 aromatic heterocycles. The SMILES string of the molecule is O=C(O)c1ccc(C(=O)NCCN2CCOCC2)cc1. The number of nitrogens with one attached hydrogen (secondary N) is 1. The second-order valence-electron chi connectivity index (χ2n) is 4.59. The zero-order valence-corrected chi connectivity index (χ0v) is 11.2. The Morgan fingerprint density at radius 1 is 1.15 bits per heavy atom. The molecular weight excluding hydrogens is 260 g/mol. The second-order valence-corrected chi connectivity index (χ2v) is 4.59. The molecule has 0 saturated carbocycles. The number of ether oxygens (including phenoxy) is 1. The van der Waals surface area contributed by atoms with Crippen molar-refractivity contribution in [2.45, 2.75) is 0 Å². The number of hydrogen-bond donors (Lipinski definition) is 2. The smallest absolute Gasteiger partial charge is 0.335 e. The summed E-state index contributed by atoms with van der Waals surface area (Å²) in [5.74, 6) is -1.18. The van der Waals surface area contributed by atoms with Crippen molar-refractivity contribution >= 4 is 11.9 Å². The zero-order chi connectivity index (χ0) is 14.4. The summed E-state index contributed by atoms with van der Waals surface area (Å²) in [6.45, 7) is 4.63. The fourth-order valence-electron chi connectivity index (χ4n) is 2.02. The van der Waals surface area contributed by atoms with Gasteiger partial charge in [-0.1, -0.05) is 0 Å². The Labute approximate surface area is 117 Å². The lowest BCUT2D eigenvalue weighted by Crippen LogP contribution is -2.41. The third kappa shape index (κ3) is 4.04. The molecule has 1 aromatic carbocycles. The molecule has 2 rings (SSSR count). The molecule has 0 unspecified atom stereocenters. The van der Waals surface area contributed by atoms with E-state index in [9.17, 15) is 9.59 Å². The molecule has 0 atom stereocenters. The number of morpholine rings is 1. The van der Waals surface area contributed by atoms with E-state index >= 15 is 0 Å². The van der Waals surface area contributed by atoms with Gasteiger partial charge in [-0.15, -0.1) is 0 Å². The van der Waals surface area contributed by atoms with Crippen molar-refractivity contribution in [3.63, 3.8) is 0 Å². The number of rotatable bonds is 5. The van der Waals surface area contributed by atoms with Gasteiger partial charge in [-0.3, -0.25) is 9.69 Å². The van der Waals surface area contributed by atoms with Crippen molar-refractivity contribution in [3.8, 4) is 0 Å². The van der Waals surface area contributed by atoms with Crippen LogP contribution >= 0.6 is 0 Å². The third-order valence-corrected chi connectivity index (χ3v) is 3.21. The highest BCUT2D eigenvalue weighted by atomic mass is 16.5. The zero-order valence-electron chi connectivity index (χ0n) is 11.2. The molecule has 0 spiro atoms. The van der Waals surface area contributed by atoms with Crippen LogP contribution in [0.5, 0.6) is 0 Å². The average molecular weight is 278 g/mol. The average Bonchev–Trinajstić information content (AvgIpc) is 2.48. The van der Waals surface area contributed by atoms with Crippen molar-refractivity contribution in [1.82, 2.24) is 10.2 Å². The number of aromatic carboxylic acids is 1. The molecule has 1 aromatic rings. The van der Waals surface area contributed by atoms with Gasteiger partial charge in [0.1, 0.15) is 0 Å². The number of carbonyl (C=O) groups excluding carboxylic acids is 1. The summed E-state index contributed by atoms with van der Waals surface area (Å²) >= 11 is 0. The van der Waals surface area contributed by atoms with E-state index < -0.39 is 5.97 Å². The molecule has 108 valence electrons. The monoisotopic (exact) mass is 278 g/mol. The van der Waals surface area contributed by atoms with Gasteiger partial charge in [0.2, 0.25) is 0 Å². The number of carbonyl (C=O) groups is 2. The Hall–Kier alpha value is -1.92. The number of amides is 1. The standard InChI is InChI=1S/C14H18N2O4/c17-13(11-1-3-12(4-2-11)14(18)19)15-5-6-16-7-9-20-10-8-16/h1-4H,5-10H2,(H,15,17)(H,18,19). The molecule has 1 fully saturated rings. The van der Waals surface area contributed by atoms with Gasteiger partial charge in [-0.05, 0) is 24.3 Å². The number of hydrogen-bond acceptors (Lipinski definition) is 4. The van der Waals surface area contributed by atoms with Crippen molar-refractivity contribution in [2.75, 3.05) is 39.4 Å².